The van der Waals surface area contributed by atoms with Crippen molar-refractivity contribution in [1.29, 1.82) is 0 Å². The van der Waals surface area contributed by atoms with Crippen LogP contribution < -0.4 is 0 Å². The van der Waals surface area contributed by atoms with Gasteiger partial charge in [-0.1, -0.05) is 63.6 Å². The van der Waals surface area contributed by atoms with Gasteiger partial charge in [-0.05, 0) is 29.8 Å². The molecular weight excluding hydrogens is 396 g/mol. The summed E-state index contributed by atoms with van der Waals surface area (Å²) in [5.74, 6) is 1.50. The van der Waals surface area contributed by atoms with Crippen LogP contribution in [-0.2, 0) is 0 Å². The molecule has 4 rings (SSSR count). The highest BCUT2D eigenvalue weighted by atomic mass is 79.9. The van der Waals surface area contributed by atoms with Gasteiger partial charge in [0.1, 0.15) is 0 Å². The van der Waals surface area contributed by atoms with Crippen LogP contribution >= 0.6 is 39.3 Å². The minimum atomic E-state index is 0.720. The number of benzene rings is 2. The number of nitrogens with zero attached hydrogens (tertiary/aromatic N) is 4. The molecule has 0 saturated heterocycles. The van der Waals surface area contributed by atoms with Gasteiger partial charge in [0.25, 0.3) is 0 Å². The first-order valence-corrected chi connectivity index (χ1v) is 9.04. The Morgan fingerprint density at radius 2 is 1.87 bits per heavy atom. The highest BCUT2D eigenvalue weighted by Gasteiger charge is 2.20. The molecule has 0 N–H and O–H groups in total. The maximum absolute atomic E-state index is 5.96. The fourth-order valence-electron chi connectivity index (χ4n) is 2.32. The summed E-state index contributed by atoms with van der Waals surface area (Å²) in [5, 5.41) is 14.8. The second-order valence-corrected chi connectivity index (χ2v) is 7.27. The molecular formula is C16H10BrClN4S. The second kappa shape index (κ2) is 6.11. The van der Waals surface area contributed by atoms with Crippen molar-refractivity contribution >= 4 is 45.0 Å². The van der Waals surface area contributed by atoms with Crippen molar-refractivity contribution in [3.63, 3.8) is 0 Å². The Kier molecular flexibility index (Phi) is 3.97. The summed E-state index contributed by atoms with van der Waals surface area (Å²) in [4.78, 5) is 0. The highest BCUT2D eigenvalue weighted by Crippen LogP contribution is 2.29. The van der Waals surface area contributed by atoms with Gasteiger partial charge in [-0.3, -0.25) is 0 Å². The molecule has 23 heavy (non-hydrogen) atoms. The molecule has 1 aliphatic rings. The Morgan fingerprint density at radius 1 is 1.04 bits per heavy atom. The largest absolute Gasteiger partial charge is 0.212 e. The fraction of sp³-hybridized carbons (Fsp3) is 0.0625. The Labute approximate surface area is 150 Å². The lowest BCUT2D eigenvalue weighted by molar-refractivity contribution is 0.762. The zero-order chi connectivity index (χ0) is 15.8. The normalized spacial score (nSPS) is 13.6. The third kappa shape index (κ3) is 2.94. The van der Waals surface area contributed by atoms with Gasteiger partial charge in [0.2, 0.25) is 5.16 Å². The van der Waals surface area contributed by atoms with E-state index in [4.69, 9.17) is 16.7 Å². The molecule has 0 saturated carbocycles. The lowest BCUT2D eigenvalue weighted by Crippen LogP contribution is -2.13. The smallest absolute Gasteiger partial charge is 0.187 e. The summed E-state index contributed by atoms with van der Waals surface area (Å²) >= 11 is 11.1. The van der Waals surface area contributed by atoms with Crippen LogP contribution in [0.4, 0.5) is 0 Å². The standard InChI is InChI=1S/C16H10BrClN4S/c17-12-3-1-2-11(8-12)15-19-20-16-22(15)21-14(9-23-16)10-4-6-13(18)7-5-10/h1-8H,9H2. The van der Waals surface area contributed by atoms with E-state index in [9.17, 15) is 0 Å². The summed E-state index contributed by atoms with van der Waals surface area (Å²) in [5.41, 5.74) is 3.01. The molecule has 1 aliphatic heterocycles. The number of fused-ring (bicyclic) bond motifs is 1. The van der Waals surface area contributed by atoms with Crippen molar-refractivity contribution in [2.75, 3.05) is 5.75 Å². The van der Waals surface area contributed by atoms with E-state index in [1.807, 2.05) is 48.5 Å². The summed E-state index contributed by atoms with van der Waals surface area (Å²) in [6, 6.07) is 15.7. The average Bonchev–Trinajstić information content (AvgIpc) is 2.98. The highest BCUT2D eigenvalue weighted by molar-refractivity contribution is 9.10. The van der Waals surface area contributed by atoms with Crippen LogP contribution in [0.3, 0.4) is 0 Å². The van der Waals surface area contributed by atoms with Gasteiger partial charge in [0.15, 0.2) is 5.82 Å². The molecule has 2 heterocycles. The molecule has 0 radical (unpaired) electrons. The number of hydrogen-bond donors (Lipinski definition) is 0. The molecule has 0 fully saturated rings. The first-order valence-electron chi connectivity index (χ1n) is 6.89. The third-order valence-electron chi connectivity index (χ3n) is 3.43. The van der Waals surface area contributed by atoms with Gasteiger partial charge in [-0.25, -0.2) is 0 Å². The predicted molar refractivity (Wildman–Crippen MR) is 97.3 cm³/mol. The summed E-state index contributed by atoms with van der Waals surface area (Å²) in [6.07, 6.45) is 0. The van der Waals surface area contributed by atoms with E-state index in [0.717, 1.165) is 43.1 Å². The first kappa shape index (κ1) is 14.9. The van der Waals surface area contributed by atoms with Crippen molar-refractivity contribution < 1.29 is 0 Å². The van der Waals surface area contributed by atoms with Crippen molar-refractivity contribution in [3.05, 3.63) is 63.6 Å². The lowest BCUT2D eigenvalue weighted by atomic mass is 10.1. The minimum Gasteiger partial charge on any atom is -0.187 e. The average molecular weight is 406 g/mol. The van der Waals surface area contributed by atoms with E-state index in [-0.39, 0.29) is 0 Å². The monoisotopic (exact) mass is 404 g/mol. The van der Waals surface area contributed by atoms with Crippen LogP contribution in [0, 0.1) is 0 Å². The van der Waals surface area contributed by atoms with Gasteiger partial charge >= 0.3 is 0 Å². The van der Waals surface area contributed by atoms with Crippen molar-refractivity contribution in [2.24, 2.45) is 5.10 Å². The maximum Gasteiger partial charge on any atom is 0.212 e. The molecule has 0 unspecified atom stereocenters. The SMILES string of the molecule is Clc1ccc(C2=Nn3c(nnc3-c3cccc(Br)c3)SC2)cc1. The van der Waals surface area contributed by atoms with Crippen LogP contribution in [0.15, 0.2) is 63.3 Å². The van der Waals surface area contributed by atoms with Crippen LogP contribution in [-0.4, -0.2) is 26.3 Å². The van der Waals surface area contributed by atoms with Gasteiger partial charge in [-0.15, -0.1) is 10.2 Å². The van der Waals surface area contributed by atoms with Crippen LogP contribution in [0.25, 0.3) is 11.4 Å². The molecule has 2 aromatic carbocycles. The van der Waals surface area contributed by atoms with Gasteiger partial charge in [0.05, 0.1) is 5.71 Å². The molecule has 7 heteroatoms. The van der Waals surface area contributed by atoms with E-state index >= 15 is 0 Å². The Hall–Kier alpha value is -1.63. The summed E-state index contributed by atoms with van der Waals surface area (Å²) in [6.45, 7) is 0. The zero-order valence-electron chi connectivity index (χ0n) is 11.8. The van der Waals surface area contributed by atoms with Crippen LogP contribution in [0.1, 0.15) is 5.56 Å². The zero-order valence-corrected chi connectivity index (χ0v) is 14.9. The van der Waals surface area contributed by atoms with Crippen LogP contribution in [0.2, 0.25) is 5.02 Å². The number of rotatable bonds is 2. The van der Waals surface area contributed by atoms with Gasteiger partial charge in [0, 0.05) is 20.8 Å². The van der Waals surface area contributed by atoms with Gasteiger partial charge in [-0.2, -0.15) is 9.78 Å². The minimum absolute atomic E-state index is 0.720. The molecule has 0 aliphatic carbocycles. The van der Waals surface area contributed by atoms with Crippen molar-refractivity contribution in [2.45, 2.75) is 5.16 Å². The van der Waals surface area contributed by atoms with E-state index in [0.29, 0.717) is 0 Å². The lowest BCUT2D eigenvalue weighted by Gasteiger charge is -2.14. The fourth-order valence-corrected chi connectivity index (χ4v) is 3.68. The third-order valence-corrected chi connectivity index (χ3v) is 5.11. The molecule has 3 aromatic rings. The molecule has 0 atom stereocenters. The molecule has 1 aromatic heterocycles. The van der Waals surface area contributed by atoms with Gasteiger partial charge < -0.3 is 0 Å². The maximum atomic E-state index is 5.96. The number of thioether (sulfide) groups is 1. The predicted octanol–water partition coefficient (Wildman–Crippen LogP) is 4.72. The molecule has 0 bridgehead atoms. The molecule has 4 nitrogen and oxygen atoms in total. The van der Waals surface area contributed by atoms with E-state index in [1.165, 1.54) is 0 Å². The number of hydrogen-bond acceptors (Lipinski definition) is 4. The number of halogens is 2. The molecule has 114 valence electrons. The summed E-state index contributed by atoms with van der Waals surface area (Å²) < 4.78 is 2.80. The van der Waals surface area contributed by atoms with E-state index < -0.39 is 0 Å². The van der Waals surface area contributed by atoms with Crippen LogP contribution in [0.5, 0.6) is 0 Å². The quantitative estimate of drug-likeness (QED) is 0.619. The second-order valence-electron chi connectivity index (χ2n) is 4.97. The Bertz CT molecular complexity index is 905. The van der Waals surface area contributed by atoms with Crippen molar-refractivity contribution in [1.82, 2.24) is 14.9 Å². The topological polar surface area (TPSA) is 43.1 Å². The first-order chi connectivity index (χ1) is 11.2. The summed E-state index contributed by atoms with van der Waals surface area (Å²) in [7, 11) is 0. The molecule has 0 amide bonds. The number of aromatic nitrogens is 3. The Morgan fingerprint density at radius 3 is 2.65 bits per heavy atom. The van der Waals surface area contributed by atoms with E-state index in [1.54, 1.807) is 16.4 Å². The van der Waals surface area contributed by atoms with Crippen molar-refractivity contribution in [3.8, 4) is 11.4 Å². The Balaban J connectivity index is 1.79. The molecule has 0 spiro atoms. The van der Waals surface area contributed by atoms with E-state index in [2.05, 4.69) is 26.1 Å².